The number of carbonyl (C=O) groups is 1. The topological polar surface area (TPSA) is 48.3 Å². The fourth-order valence-electron chi connectivity index (χ4n) is 1.70. The largest absolute Gasteiger partial charge is 0.468 e. The van der Waals surface area contributed by atoms with Crippen molar-refractivity contribution in [2.24, 2.45) is 0 Å². The first kappa shape index (κ1) is 12.2. The summed E-state index contributed by atoms with van der Waals surface area (Å²) in [5.41, 5.74) is -0.626. The van der Waals surface area contributed by atoms with Crippen LogP contribution in [0.3, 0.4) is 0 Å². The number of nitrogens with zero attached hydrogens (tertiary/aromatic N) is 1. The molecule has 18 heavy (non-hydrogen) atoms. The van der Waals surface area contributed by atoms with Gasteiger partial charge in [0, 0.05) is 18.3 Å². The molecule has 1 heterocycles. The van der Waals surface area contributed by atoms with E-state index in [2.05, 4.69) is 4.74 Å². The number of methoxy groups -OCH3 is 1. The first-order chi connectivity index (χ1) is 8.52. The lowest BCUT2D eigenvalue weighted by Crippen LogP contribution is -2.16. The van der Waals surface area contributed by atoms with E-state index >= 15 is 0 Å². The molecule has 2 aromatic rings. The fraction of sp³-hybridized carbons (Fsp3) is 0.167. The average molecular weight is 253 g/mol. The van der Waals surface area contributed by atoms with Crippen LogP contribution < -0.4 is 5.43 Å². The molecule has 2 rings (SSSR count). The molecule has 0 aliphatic heterocycles. The standard InChI is InChI=1S/C12H9F2NO3/c1-18-11(17)6-15-3-2-10(16)8-4-7(13)5-9(14)12(8)15/h2-5H,6H2,1H3. The number of fused-ring (bicyclic) bond motifs is 1. The van der Waals surface area contributed by atoms with Crippen LogP contribution >= 0.6 is 0 Å². The number of carbonyl (C=O) groups excluding carboxylic acids is 1. The number of hydrogen-bond donors (Lipinski definition) is 0. The van der Waals surface area contributed by atoms with Gasteiger partial charge >= 0.3 is 5.97 Å². The molecule has 4 nitrogen and oxygen atoms in total. The van der Waals surface area contributed by atoms with Crippen LogP contribution in [0.25, 0.3) is 10.9 Å². The van der Waals surface area contributed by atoms with Crippen LogP contribution in [-0.4, -0.2) is 17.6 Å². The zero-order valence-electron chi connectivity index (χ0n) is 9.44. The van der Waals surface area contributed by atoms with Crippen molar-refractivity contribution in [1.82, 2.24) is 4.57 Å². The summed E-state index contributed by atoms with van der Waals surface area (Å²) in [5.74, 6) is -2.33. The number of aromatic nitrogens is 1. The number of hydrogen-bond acceptors (Lipinski definition) is 3. The number of ether oxygens (including phenoxy) is 1. The first-order valence-corrected chi connectivity index (χ1v) is 5.08. The maximum atomic E-state index is 13.7. The van der Waals surface area contributed by atoms with Gasteiger partial charge in [-0.1, -0.05) is 0 Å². The maximum Gasteiger partial charge on any atom is 0.325 e. The third kappa shape index (κ3) is 2.09. The monoisotopic (exact) mass is 253 g/mol. The smallest absolute Gasteiger partial charge is 0.325 e. The summed E-state index contributed by atoms with van der Waals surface area (Å²) >= 11 is 0. The highest BCUT2D eigenvalue weighted by Gasteiger charge is 2.12. The second-order valence-corrected chi connectivity index (χ2v) is 3.67. The molecule has 6 heteroatoms. The van der Waals surface area contributed by atoms with E-state index in [0.29, 0.717) is 6.07 Å². The molecule has 0 saturated carbocycles. The van der Waals surface area contributed by atoms with Gasteiger partial charge in [-0.15, -0.1) is 0 Å². The van der Waals surface area contributed by atoms with Crippen LogP contribution in [0.2, 0.25) is 0 Å². The Morgan fingerprint density at radius 1 is 1.39 bits per heavy atom. The minimum Gasteiger partial charge on any atom is -0.468 e. The van der Waals surface area contributed by atoms with Crippen LogP contribution in [-0.2, 0) is 16.1 Å². The molecule has 0 spiro atoms. The van der Waals surface area contributed by atoms with Crippen molar-refractivity contribution in [2.45, 2.75) is 6.54 Å². The van der Waals surface area contributed by atoms with Gasteiger partial charge in [-0.3, -0.25) is 9.59 Å². The van der Waals surface area contributed by atoms with Gasteiger partial charge in [-0.05, 0) is 6.07 Å². The summed E-state index contributed by atoms with van der Waals surface area (Å²) in [6.45, 7) is -0.254. The molecule has 0 unspecified atom stereocenters. The maximum absolute atomic E-state index is 13.7. The number of esters is 1. The van der Waals surface area contributed by atoms with E-state index in [9.17, 15) is 18.4 Å². The van der Waals surface area contributed by atoms with E-state index in [-0.39, 0.29) is 17.4 Å². The van der Waals surface area contributed by atoms with Gasteiger partial charge < -0.3 is 9.30 Å². The number of benzene rings is 1. The number of halogens is 2. The zero-order valence-corrected chi connectivity index (χ0v) is 9.44. The molecular weight excluding hydrogens is 244 g/mol. The van der Waals surface area contributed by atoms with Gasteiger partial charge in [-0.2, -0.15) is 0 Å². The molecule has 1 aromatic heterocycles. The Morgan fingerprint density at radius 3 is 2.78 bits per heavy atom. The van der Waals surface area contributed by atoms with E-state index in [1.807, 2.05) is 0 Å². The van der Waals surface area contributed by atoms with Gasteiger partial charge in [0.25, 0.3) is 0 Å². The summed E-state index contributed by atoms with van der Waals surface area (Å²) < 4.78 is 32.4. The number of pyridine rings is 1. The lowest BCUT2D eigenvalue weighted by Gasteiger charge is -2.10. The molecule has 0 amide bonds. The highest BCUT2D eigenvalue weighted by Crippen LogP contribution is 2.16. The van der Waals surface area contributed by atoms with E-state index in [4.69, 9.17) is 0 Å². The molecule has 0 fully saturated rings. The molecule has 0 radical (unpaired) electrons. The van der Waals surface area contributed by atoms with Crippen molar-refractivity contribution in [2.75, 3.05) is 7.11 Å². The minimum atomic E-state index is -0.897. The molecular formula is C12H9F2NO3. The van der Waals surface area contributed by atoms with Crippen molar-refractivity contribution < 1.29 is 18.3 Å². The molecule has 0 bridgehead atoms. The third-order valence-corrected chi connectivity index (χ3v) is 2.51. The van der Waals surface area contributed by atoms with Crippen molar-refractivity contribution in [3.8, 4) is 0 Å². The summed E-state index contributed by atoms with van der Waals surface area (Å²) in [7, 11) is 1.20. The predicted molar refractivity (Wildman–Crippen MR) is 60.1 cm³/mol. The predicted octanol–water partition coefficient (Wildman–Crippen LogP) is 1.45. The molecule has 0 atom stereocenters. The van der Waals surface area contributed by atoms with Crippen LogP contribution in [0.1, 0.15) is 0 Å². The minimum absolute atomic E-state index is 0.112. The van der Waals surface area contributed by atoms with E-state index in [1.54, 1.807) is 0 Å². The summed E-state index contributed by atoms with van der Waals surface area (Å²) in [6, 6.07) is 2.74. The normalized spacial score (nSPS) is 10.6. The Morgan fingerprint density at radius 2 is 2.11 bits per heavy atom. The average Bonchev–Trinajstić information content (AvgIpc) is 2.32. The lowest BCUT2D eigenvalue weighted by atomic mass is 10.2. The molecule has 0 aliphatic rings. The molecule has 0 aliphatic carbocycles. The molecule has 1 aromatic carbocycles. The van der Waals surface area contributed by atoms with Gasteiger partial charge in [0.2, 0.25) is 0 Å². The summed E-state index contributed by atoms with van der Waals surface area (Å²) in [6.07, 6.45) is 1.27. The SMILES string of the molecule is COC(=O)Cn1ccc(=O)c2cc(F)cc(F)c21. The van der Waals surface area contributed by atoms with Crippen molar-refractivity contribution in [3.05, 3.63) is 46.3 Å². The second-order valence-electron chi connectivity index (χ2n) is 3.67. The van der Waals surface area contributed by atoms with Crippen LogP contribution in [0.4, 0.5) is 8.78 Å². The summed E-state index contributed by atoms with van der Waals surface area (Å²) in [4.78, 5) is 22.7. The van der Waals surface area contributed by atoms with Crippen LogP contribution in [0, 0.1) is 11.6 Å². The van der Waals surface area contributed by atoms with E-state index < -0.39 is 23.0 Å². The van der Waals surface area contributed by atoms with Gasteiger partial charge in [-0.25, -0.2) is 8.78 Å². The lowest BCUT2D eigenvalue weighted by molar-refractivity contribution is -0.141. The van der Waals surface area contributed by atoms with Crippen LogP contribution in [0.5, 0.6) is 0 Å². The van der Waals surface area contributed by atoms with Crippen molar-refractivity contribution in [1.29, 1.82) is 0 Å². The Balaban J connectivity index is 2.73. The van der Waals surface area contributed by atoms with E-state index in [0.717, 1.165) is 12.1 Å². The highest BCUT2D eigenvalue weighted by molar-refractivity contribution is 5.81. The highest BCUT2D eigenvalue weighted by atomic mass is 19.1. The Hall–Kier alpha value is -2.24. The quantitative estimate of drug-likeness (QED) is 0.761. The molecule has 94 valence electrons. The van der Waals surface area contributed by atoms with Gasteiger partial charge in [0.05, 0.1) is 18.0 Å². The summed E-state index contributed by atoms with van der Waals surface area (Å²) in [5, 5.41) is -0.112. The fourth-order valence-corrected chi connectivity index (χ4v) is 1.70. The molecule has 0 saturated heterocycles. The van der Waals surface area contributed by atoms with Gasteiger partial charge in [0.15, 0.2) is 11.2 Å². The van der Waals surface area contributed by atoms with Crippen LogP contribution in [0.15, 0.2) is 29.2 Å². The molecule has 0 N–H and O–H groups in total. The Labute approximate surface area is 100 Å². The van der Waals surface area contributed by atoms with Crippen molar-refractivity contribution >= 4 is 16.9 Å². The first-order valence-electron chi connectivity index (χ1n) is 5.08. The Kier molecular flexibility index (Phi) is 3.10. The van der Waals surface area contributed by atoms with Gasteiger partial charge in [0.1, 0.15) is 12.4 Å². The Bertz CT molecular complexity index is 679. The van der Waals surface area contributed by atoms with E-state index in [1.165, 1.54) is 17.9 Å². The third-order valence-electron chi connectivity index (χ3n) is 2.51. The second kappa shape index (κ2) is 4.56. The zero-order chi connectivity index (χ0) is 13.3. The number of rotatable bonds is 2. The van der Waals surface area contributed by atoms with Crippen molar-refractivity contribution in [3.63, 3.8) is 0 Å².